The summed E-state index contributed by atoms with van der Waals surface area (Å²) in [5.74, 6) is 0.680. The fourth-order valence-electron chi connectivity index (χ4n) is 2.78. The monoisotopic (exact) mass is 293 g/mol. The molecular weight excluding hydrogens is 258 g/mol. The van der Waals surface area contributed by atoms with Crippen molar-refractivity contribution in [1.29, 1.82) is 0 Å². The quantitative estimate of drug-likeness (QED) is 0.721. The predicted octanol–water partition coefficient (Wildman–Crippen LogP) is 4.59. The minimum Gasteiger partial charge on any atom is -0.312 e. The van der Waals surface area contributed by atoms with Crippen molar-refractivity contribution >= 4 is 0 Å². The van der Waals surface area contributed by atoms with Gasteiger partial charge in [-0.1, -0.05) is 27.2 Å². The van der Waals surface area contributed by atoms with Gasteiger partial charge in [0.2, 0.25) is 0 Å². The van der Waals surface area contributed by atoms with Crippen LogP contribution in [0.5, 0.6) is 0 Å². The number of hydrogen-bond acceptors (Lipinski definition) is 2. The van der Waals surface area contributed by atoms with Crippen LogP contribution in [0.4, 0.5) is 0 Å². The Bertz CT molecular complexity index is 385. The average molecular weight is 293 g/mol. The Kier molecular flexibility index (Phi) is 7.44. The van der Waals surface area contributed by atoms with Crippen molar-refractivity contribution in [3.8, 4) is 0 Å². The van der Waals surface area contributed by atoms with E-state index in [2.05, 4.69) is 63.8 Å². The minimum absolute atomic E-state index is 0.195. The van der Waals surface area contributed by atoms with Crippen molar-refractivity contribution < 1.29 is 0 Å². The van der Waals surface area contributed by atoms with E-state index in [4.69, 9.17) is 5.10 Å². The zero-order valence-electron chi connectivity index (χ0n) is 14.9. The smallest absolute Gasteiger partial charge is 0.0627 e. The van der Waals surface area contributed by atoms with Crippen molar-refractivity contribution in [1.82, 2.24) is 15.1 Å². The van der Waals surface area contributed by atoms with E-state index in [0.717, 1.165) is 25.8 Å². The van der Waals surface area contributed by atoms with Crippen molar-refractivity contribution in [2.45, 2.75) is 85.2 Å². The van der Waals surface area contributed by atoms with Crippen LogP contribution in [0.1, 0.15) is 79.0 Å². The molecule has 0 aliphatic carbocycles. The fraction of sp³-hybridized carbons (Fsp3) is 0.833. The third kappa shape index (κ3) is 6.64. The lowest BCUT2D eigenvalue weighted by molar-refractivity contribution is 0.351. The van der Waals surface area contributed by atoms with Gasteiger partial charge in [-0.2, -0.15) is 5.10 Å². The van der Waals surface area contributed by atoms with Crippen LogP contribution in [0, 0.1) is 5.92 Å². The number of rotatable bonds is 9. The summed E-state index contributed by atoms with van der Waals surface area (Å²) < 4.78 is 2.16. The van der Waals surface area contributed by atoms with E-state index in [9.17, 15) is 0 Å². The summed E-state index contributed by atoms with van der Waals surface area (Å²) in [5, 5.41) is 8.45. The minimum atomic E-state index is 0.195. The van der Waals surface area contributed by atoms with Gasteiger partial charge in [-0.05, 0) is 65.0 Å². The maximum absolute atomic E-state index is 4.81. The molecule has 1 atom stereocenters. The number of hydrogen-bond donors (Lipinski definition) is 1. The van der Waals surface area contributed by atoms with E-state index in [1.54, 1.807) is 0 Å². The Morgan fingerprint density at radius 1 is 1.19 bits per heavy atom. The second-order valence-corrected chi connectivity index (χ2v) is 7.25. The largest absolute Gasteiger partial charge is 0.312 e. The van der Waals surface area contributed by atoms with Crippen molar-refractivity contribution in [2.75, 3.05) is 6.54 Å². The first-order valence-electron chi connectivity index (χ1n) is 8.68. The molecule has 0 aliphatic rings. The van der Waals surface area contributed by atoms with Gasteiger partial charge < -0.3 is 5.32 Å². The summed E-state index contributed by atoms with van der Waals surface area (Å²) in [6.45, 7) is 14.5. The standard InChI is InChI=1S/C18H35N3/c1-7-10-15(14-19-18(4,5)6)13-16-11-12-21(20-16)17(8-2)9-3/h11-12,15,17,19H,7-10,13-14H2,1-6H3. The van der Waals surface area contributed by atoms with Crippen LogP contribution in [0.15, 0.2) is 12.3 Å². The molecular formula is C18H35N3. The van der Waals surface area contributed by atoms with Gasteiger partial charge in [0, 0.05) is 11.7 Å². The summed E-state index contributed by atoms with van der Waals surface area (Å²) in [6, 6.07) is 2.76. The van der Waals surface area contributed by atoms with Crippen LogP contribution in [0.25, 0.3) is 0 Å². The number of nitrogens with zero attached hydrogens (tertiary/aromatic N) is 2. The molecule has 1 unspecified atom stereocenters. The predicted molar refractivity (Wildman–Crippen MR) is 91.7 cm³/mol. The third-order valence-electron chi connectivity index (χ3n) is 4.10. The average Bonchev–Trinajstić information content (AvgIpc) is 2.85. The highest BCUT2D eigenvalue weighted by molar-refractivity contribution is 5.01. The summed E-state index contributed by atoms with van der Waals surface area (Å²) >= 11 is 0. The number of aromatic nitrogens is 2. The van der Waals surface area contributed by atoms with E-state index in [-0.39, 0.29) is 5.54 Å². The normalized spacial score (nSPS) is 13.9. The van der Waals surface area contributed by atoms with Crippen molar-refractivity contribution in [2.24, 2.45) is 5.92 Å². The maximum Gasteiger partial charge on any atom is 0.0627 e. The Hall–Kier alpha value is -0.830. The van der Waals surface area contributed by atoms with E-state index >= 15 is 0 Å². The first-order valence-corrected chi connectivity index (χ1v) is 8.68. The molecule has 0 radical (unpaired) electrons. The Morgan fingerprint density at radius 3 is 2.38 bits per heavy atom. The highest BCUT2D eigenvalue weighted by Crippen LogP contribution is 2.18. The Labute approximate surface area is 131 Å². The zero-order valence-corrected chi connectivity index (χ0v) is 14.9. The third-order valence-corrected chi connectivity index (χ3v) is 4.10. The highest BCUT2D eigenvalue weighted by Gasteiger charge is 2.16. The SMILES string of the molecule is CCCC(CNC(C)(C)C)Cc1ccn(C(CC)CC)n1. The van der Waals surface area contributed by atoms with E-state index in [1.807, 2.05) is 0 Å². The molecule has 1 heterocycles. The van der Waals surface area contributed by atoms with Crippen molar-refractivity contribution in [3.63, 3.8) is 0 Å². The molecule has 122 valence electrons. The van der Waals surface area contributed by atoms with Gasteiger partial charge >= 0.3 is 0 Å². The van der Waals surface area contributed by atoms with Gasteiger partial charge in [0.15, 0.2) is 0 Å². The second-order valence-electron chi connectivity index (χ2n) is 7.25. The topological polar surface area (TPSA) is 29.9 Å². The lowest BCUT2D eigenvalue weighted by atomic mass is 9.96. The van der Waals surface area contributed by atoms with Crippen LogP contribution in [-0.4, -0.2) is 21.9 Å². The molecule has 0 saturated heterocycles. The maximum atomic E-state index is 4.81. The molecule has 1 aromatic rings. The molecule has 0 saturated carbocycles. The number of nitrogens with one attached hydrogen (secondary N) is 1. The summed E-state index contributed by atoms with van der Waals surface area (Å²) in [5.41, 5.74) is 1.44. The first-order chi connectivity index (χ1) is 9.89. The lowest BCUT2D eigenvalue weighted by Gasteiger charge is -2.25. The molecule has 0 bridgehead atoms. The van der Waals surface area contributed by atoms with Crippen LogP contribution in [-0.2, 0) is 6.42 Å². The van der Waals surface area contributed by atoms with Crippen LogP contribution in [0.3, 0.4) is 0 Å². The van der Waals surface area contributed by atoms with Gasteiger partial charge in [-0.15, -0.1) is 0 Å². The van der Waals surface area contributed by atoms with E-state index in [0.29, 0.717) is 12.0 Å². The molecule has 0 spiro atoms. The summed E-state index contributed by atoms with van der Waals surface area (Å²) in [6.07, 6.45) is 8.06. The fourth-order valence-corrected chi connectivity index (χ4v) is 2.78. The molecule has 1 rings (SSSR count). The molecule has 0 aliphatic heterocycles. The summed E-state index contributed by atoms with van der Waals surface area (Å²) in [7, 11) is 0. The molecule has 3 heteroatoms. The van der Waals surface area contributed by atoms with Crippen molar-refractivity contribution in [3.05, 3.63) is 18.0 Å². The van der Waals surface area contributed by atoms with E-state index in [1.165, 1.54) is 18.5 Å². The Balaban J connectivity index is 2.62. The van der Waals surface area contributed by atoms with E-state index < -0.39 is 0 Å². The van der Waals surface area contributed by atoms with Crippen LogP contribution < -0.4 is 5.32 Å². The van der Waals surface area contributed by atoms with Gasteiger partial charge in [-0.25, -0.2) is 0 Å². The molecule has 0 amide bonds. The lowest BCUT2D eigenvalue weighted by Crippen LogP contribution is -2.39. The van der Waals surface area contributed by atoms with Crippen LogP contribution >= 0.6 is 0 Å². The molecule has 21 heavy (non-hydrogen) atoms. The molecule has 1 N–H and O–H groups in total. The van der Waals surface area contributed by atoms with Gasteiger partial charge in [0.25, 0.3) is 0 Å². The molecule has 1 aromatic heterocycles. The van der Waals surface area contributed by atoms with Gasteiger partial charge in [-0.3, -0.25) is 4.68 Å². The van der Waals surface area contributed by atoms with Gasteiger partial charge in [0.1, 0.15) is 0 Å². The highest BCUT2D eigenvalue weighted by atomic mass is 15.3. The van der Waals surface area contributed by atoms with Gasteiger partial charge in [0.05, 0.1) is 11.7 Å². The molecule has 0 fully saturated rings. The second kappa shape index (κ2) is 8.57. The van der Waals surface area contributed by atoms with Crippen LogP contribution in [0.2, 0.25) is 0 Å². The summed E-state index contributed by atoms with van der Waals surface area (Å²) in [4.78, 5) is 0. The zero-order chi connectivity index (χ0) is 15.9. The molecule has 0 aromatic carbocycles. The molecule has 3 nitrogen and oxygen atoms in total. The Morgan fingerprint density at radius 2 is 1.86 bits per heavy atom. The first kappa shape index (κ1) is 18.2.